The highest BCUT2D eigenvalue weighted by Gasteiger charge is 2.22. The number of aromatic amines is 1. The van der Waals surface area contributed by atoms with Gasteiger partial charge in [-0.2, -0.15) is 4.98 Å². The molecule has 1 aliphatic rings. The van der Waals surface area contributed by atoms with Crippen molar-refractivity contribution in [1.82, 2.24) is 24.8 Å². The fourth-order valence-corrected chi connectivity index (χ4v) is 3.80. The van der Waals surface area contributed by atoms with Crippen LogP contribution in [0.3, 0.4) is 0 Å². The first-order chi connectivity index (χ1) is 13.7. The molecule has 1 aliphatic heterocycles. The minimum Gasteiger partial charge on any atom is -0.481 e. The van der Waals surface area contributed by atoms with Crippen molar-refractivity contribution in [2.45, 2.75) is 26.2 Å². The molecule has 4 rings (SSSR count). The Morgan fingerprint density at radius 2 is 2.14 bits per heavy atom. The first-order valence-electron chi connectivity index (χ1n) is 9.99. The third-order valence-corrected chi connectivity index (χ3v) is 5.30. The van der Waals surface area contributed by atoms with Crippen LogP contribution in [-0.2, 0) is 6.42 Å². The summed E-state index contributed by atoms with van der Waals surface area (Å²) < 4.78 is 5.16. The number of H-pyrrole nitrogens is 1. The van der Waals surface area contributed by atoms with E-state index < -0.39 is 0 Å². The maximum Gasteiger partial charge on any atom is 0.215 e. The van der Waals surface area contributed by atoms with Gasteiger partial charge in [-0.1, -0.05) is 6.07 Å². The number of anilines is 1. The molecule has 0 amide bonds. The van der Waals surface area contributed by atoms with Crippen LogP contribution in [0.4, 0.5) is 5.82 Å². The van der Waals surface area contributed by atoms with Gasteiger partial charge in [0.2, 0.25) is 5.88 Å². The molecule has 0 aliphatic carbocycles. The Labute approximate surface area is 165 Å². The molecule has 1 fully saturated rings. The van der Waals surface area contributed by atoms with Gasteiger partial charge in [-0.15, -0.1) is 0 Å². The fourth-order valence-electron chi connectivity index (χ4n) is 3.80. The molecule has 7 heteroatoms. The topological polar surface area (TPSA) is 79.0 Å². The van der Waals surface area contributed by atoms with E-state index in [1.807, 2.05) is 31.2 Å². The lowest BCUT2D eigenvalue weighted by atomic mass is 10.1. The Bertz CT molecular complexity index is 924. The van der Waals surface area contributed by atoms with Gasteiger partial charge in [0.25, 0.3) is 0 Å². The van der Waals surface area contributed by atoms with Crippen molar-refractivity contribution >= 4 is 17.0 Å². The molecule has 0 bridgehead atoms. The summed E-state index contributed by atoms with van der Waals surface area (Å²) in [5, 5.41) is 3.48. The minimum absolute atomic E-state index is 0.600. The van der Waals surface area contributed by atoms with E-state index in [9.17, 15) is 0 Å². The largest absolute Gasteiger partial charge is 0.481 e. The summed E-state index contributed by atoms with van der Waals surface area (Å²) in [7, 11) is 1.62. The van der Waals surface area contributed by atoms with Gasteiger partial charge >= 0.3 is 0 Å². The standard InChI is InChI=1S/C21H28N6O/c1-15-5-3-6-18(23-15)22-13-16-10-12-27(14-16)11-4-7-19-24-17-8-9-20(28-2)26-21(17)25-19/h3,5-6,8-9,16H,4,7,10-14H2,1-2H3,(H,22,23)(H,24,25,26)/t16-/m1/s1. The maximum absolute atomic E-state index is 5.16. The zero-order valence-corrected chi connectivity index (χ0v) is 16.6. The molecule has 0 unspecified atom stereocenters. The number of hydrogen-bond acceptors (Lipinski definition) is 6. The van der Waals surface area contributed by atoms with Gasteiger partial charge in [0.15, 0.2) is 5.65 Å². The van der Waals surface area contributed by atoms with Crippen molar-refractivity contribution < 1.29 is 4.74 Å². The van der Waals surface area contributed by atoms with E-state index in [1.165, 1.54) is 13.0 Å². The summed E-state index contributed by atoms with van der Waals surface area (Å²) in [6, 6.07) is 9.94. The maximum atomic E-state index is 5.16. The van der Waals surface area contributed by atoms with E-state index >= 15 is 0 Å². The summed E-state index contributed by atoms with van der Waals surface area (Å²) in [6.07, 6.45) is 3.27. The number of fused-ring (bicyclic) bond motifs is 1. The molecule has 4 heterocycles. The third kappa shape index (κ3) is 4.59. The van der Waals surface area contributed by atoms with E-state index in [2.05, 4.69) is 36.2 Å². The Hall–Kier alpha value is -2.67. The lowest BCUT2D eigenvalue weighted by Gasteiger charge is -2.16. The number of hydrogen-bond donors (Lipinski definition) is 2. The third-order valence-electron chi connectivity index (χ3n) is 5.30. The van der Waals surface area contributed by atoms with Crippen LogP contribution in [0, 0.1) is 12.8 Å². The van der Waals surface area contributed by atoms with Crippen molar-refractivity contribution in [2.24, 2.45) is 5.92 Å². The zero-order valence-electron chi connectivity index (χ0n) is 16.6. The average Bonchev–Trinajstić information content (AvgIpc) is 3.32. The monoisotopic (exact) mass is 380 g/mol. The van der Waals surface area contributed by atoms with Gasteiger partial charge in [0.05, 0.1) is 12.6 Å². The smallest absolute Gasteiger partial charge is 0.215 e. The highest BCUT2D eigenvalue weighted by atomic mass is 16.5. The summed E-state index contributed by atoms with van der Waals surface area (Å²) in [5.41, 5.74) is 2.75. The van der Waals surface area contributed by atoms with Crippen molar-refractivity contribution in [1.29, 1.82) is 0 Å². The fraction of sp³-hybridized carbons (Fsp3) is 0.476. The van der Waals surface area contributed by atoms with Crippen LogP contribution in [-0.4, -0.2) is 58.1 Å². The van der Waals surface area contributed by atoms with E-state index in [-0.39, 0.29) is 0 Å². The lowest BCUT2D eigenvalue weighted by Crippen LogP contribution is -2.24. The number of nitrogens with zero attached hydrogens (tertiary/aromatic N) is 4. The van der Waals surface area contributed by atoms with Crippen molar-refractivity contribution in [3.63, 3.8) is 0 Å². The van der Waals surface area contributed by atoms with Gasteiger partial charge in [0.1, 0.15) is 11.6 Å². The number of aromatic nitrogens is 4. The number of methoxy groups -OCH3 is 1. The Kier molecular flexibility index (Phi) is 5.71. The Morgan fingerprint density at radius 3 is 3.00 bits per heavy atom. The molecule has 0 radical (unpaired) electrons. The van der Waals surface area contributed by atoms with Crippen molar-refractivity contribution in [3.8, 4) is 5.88 Å². The van der Waals surface area contributed by atoms with Crippen LogP contribution in [0.25, 0.3) is 11.2 Å². The van der Waals surface area contributed by atoms with Gasteiger partial charge < -0.3 is 19.9 Å². The summed E-state index contributed by atoms with van der Waals surface area (Å²) in [4.78, 5) is 19.4. The SMILES string of the molecule is COc1ccc2[nH]c(CCCN3CC[C@H](CNc4cccc(C)n4)C3)nc2n1. The molecule has 0 saturated carbocycles. The normalized spacial score (nSPS) is 17.3. The average molecular weight is 380 g/mol. The predicted octanol–water partition coefficient (Wildman–Crippen LogP) is 3.04. The molecular weight excluding hydrogens is 352 g/mol. The zero-order chi connectivity index (χ0) is 19.3. The number of nitrogens with one attached hydrogen (secondary N) is 2. The van der Waals surface area contributed by atoms with E-state index in [1.54, 1.807) is 7.11 Å². The van der Waals surface area contributed by atoms with Crippen molar-refractivity contribution in [3.05, 3.63) is 41.9 Å². The molecule has 28 heavy (non-hydrogen) atoms. The van der Waals surface area contributed by atoms with Crippen LogP contribution in [0.2, 0.25) is 0 Å². The minimum atomic E-state index is 0.600. The van der Waals surface area contributed by atoms with Crippen LogP contribution < -0.4 is 10.1 Å². The van der Waals surface area contributed by atoms with E-state index in [0.717, 1.165) is 61.0 Å². The second kappa shape index (κ2) is 8.56. The summed E-state index contributed by atoms with van der Waals surface area (Å²) in [6.45, 7) is 6.44. The molecule has 1 atom stereocenters. The number of imidazole rings is 1. The molecule has 3 aromatic heterocycles. The van der Waals surface area contributed by atoms with E-state index in [4.69, 9.17) is 4.74 Å². The quantitative estimate of drug-likeness (QED) is 0.625. The molecule has 3 aromatic rings. The predicted molar refractivity (Wildman–Crippen MR) is 111 cm³/mol. The van der Waals surface area contributed by atoms with Crippen LogP contribution in [0.15, 0.2) is 30.3 Å². The number of rotatable bonds is 8. The number of aryl methyl sites for hydroxylation is 2. The molecule has 1 saturated heterocycles. The molecule has 7 nitrogen and oxygen atoms in total. The molecule has 0 aromatic carbocycles. The molecule has 2 N–H and O–H groups in total. The van der Waals surface area contributed by atoms with Gasteiger partial charge in [-0.05, 0) is 57.0 Å². The van der Waals surface area contributed by atoms with Crippen LogP contribution in [0.5, 0.6) is 5.88 Å². The second-order valence-electron chi connectivity index (χ2n) is 7.51. The number of likely N-dealkylation sites (tertiary alicyclic amines) is 1. The summed E-state index contributed by atoms with van der Waals surface area (Å²) >= 11 is 0. The van der Waals surface area contributed by atoms with E-state index in [0.29, 0.717) is 11.8 Å². The first kappa shape index (κ1) is 18.7. The Balaban J connectivity index is 1.21. The lowest BCUT2D eigenvalue weighted by molar-refractivity contribution is 0.321. The first-order valence-corrected chi connectivity index (χ1v) is 9.99. The molecule has 148 valence electrons. The highest BCUT2D eigenvalue weighted by Crippen LogP contribution is 2.18. The van der Waals surface area contributed by atoms with Gasteiger partial charge in [0, 0.05) is 31.3 Å². The number of pyridine rings is 2. The molecule has 0 spiro atoms. The van der Waals surface area contributed by atoms with Crippen molar-refractivity contribution in [2.75, 3.05) is 38.6 Å². The van der Waals surface area contributed by atoms with Crippen LogP contribution in [0.1, 0.15) is 24.4 Å². The van der Waals surface area contributed by atoms with Crippen LogP contribution >= 0.6 is 0 Å². The van der Waals surface area contributed by atoms with Gasteiger partial charge in [-0.25, -0.2) is 9.97 Å². The second-order valence-corrected chi connectivity index (χ2v) is 7.51. The highest BCUT2D eigenvalue weighted by molar-refractivity contribution is 5.71. The number of ether oxygens (including phenoxy) is 1. The van der Waals surface area contributed by atoms with Gasteiger partial charge in [-0.3, -0.25) is 0 Å². The molecular formula is C21H28N6O. The Morgan fingerprint density at radius 1 is 1.21 bits per heavy atom. The summed E-state index contributed by atoms with van der Waals surface area (Å²) in [5.74, 6) is 3.26.